The lowest BCUT2D eigenvalue weighted by Gasteiger charge is -2.00. The number of aliphatic carboxylic acids is 1. The predicted molar refractivity (Wildman–Crippen MR) is 56.0 cm³/mol. The van der Waals surface area contributed by atoms with Crippen LogP contribution in [0.2, 0.25) is 5.02 Å². The Bertz CT molecular complexity index is 495. The third-order valence-corrected chi connectivity index (χ3v) is 2.98. The summed E-state index contributed by atoms with van der Waals surface area (Å²) in [6.07, 6.45) is -0.0632. The molecule has 0 bridgehead atoms. The molecular weight excluding hydrogens is 222 g/mol. The van der Waals surface area contributed by atoms with Gasteiger partial charge in [-0.05, 0) is 17.7 Å². The van der Waals surface area contributed by atoms with E-state index in [1.165, 1.54) is 11.3 Å². The molecule has 0 aliphatic carbocycles. The van der Waals surface area contributed by atoms with E-state index in [0.29, 0.717) is 10.6 Å². The van der Waals surface area contributed by atoms with Crippen molar-refractivity contribution in [1.82, 2.24) is 4.98 Å². The van der Waals surface area contributed by atoms with Gasteiger partial charge in [0.25, 0.3) is 0 Å². The molecule has 0 saturated heterocycles. The molecule has 1 N–H and O–H groups in total. The van der Waals surface area contributed by atoms with E-state index >= 15 is 0 Å². The third kappa shape index (κ3) is 1.71. The van der Waals surface area contributed by atoms with Gasteiger partial charge in [0.15, 0.2) is 0 Å². The number of fused-ring (bicyclic) bond motifs is 1. The maximum absolute atomic E-state index is 10.5. The number of hydrogen-bond donors (Lipinski definition) is 1. The quantitative estimate of drug-likeness (QED) is 0.858. The molecule has 0 amide bonds. The predicted octanol–water partition coefficient (Wildman–Crippen LogP) is 2.58. The fraction of sp³-hybridized carbons (Fsp3) is 0.111. The number of nitrogens with zero attached hydrogens (tertiary/aromatic N) is 1. The zero-order valence-electron chi connectivity index (χ0n) is 7.03. The fourth-order valence-electron chi connectivity index (χ4n) is 1.22. The van der Waals surface area contributed by atoms with Gasteiger partial charge in [-0.25, -0.2) is 4.98 Å². The maximum atomic E-state index is 10.5. The molecule has 1 heterocycles. The SMILES string of the molecule is O=C(O)Cc1cc2ncsc2cc1Cl. The number of carboxylic acids is 1. The van der Waals surface area contributed by atoms with Gasteiger partial charge in [0, 0.05) is 5.02 Å². The topological polar surface area (TPSA) is 50.2 Å². The molecule has 0 aliphatic heterocycles. The monoisotopic (exact) mass is 227 g/mol. The minimum absolute atomic E-state index is 0.0632. The number of halogens is 1. The van der Waals surface area contributed by atoms with Crippen LogP contribution in [0.5, 0.6) is 0 Å². The zero-order valence-corrected chi connectivity index (χ0v) is 8.60. The molecule has 0 aliphatic rings. The molecule has 5 heteroatoms. The highest BCUT2D eigenvalue weighted by Gasteiger charge is 2.08. The van der Waals surface area contributed by atoms with Gasteiger partial charge in [-0.1, -0.05) is 11.6 Å². The second kappa shape index (κ2) is 3.55. The molecule has 0 spiro atoms. The number of rotatable bonds is 2. The number of thiazole rings is 1. The Kier molecular flexibility index (Phi) is 2.39. The Labute approximate surface area is 89.0 Å². The van der Waals surface area contributed by atoms with Crippen molar-refractivity contribution in [2.24, 2.45) is 0 Å². The van der Waals surface area contributed by atoms with Gasteiger partial charge < -0.3 is 5.11 Å². The van der Waals surface area contributed by atoms with E-state index in [4.69, 9.17) is 16.7 Å². The Morgan fingerprint density at radius 3 is 3.07 bits per heavy atom. The third-order valence-electron chi connectivity index (χ3n) is 1.84. The van der Waals surface area contributed by atoms with Gasteiger partial charge in [0.1, 0.15) is 0 Å². The van der Waals surface area contributed by atoms with E-state index in [2.05, 4.69) is 4.98 Å². The Hall–Kier alpha value is -1.13. The Morgan fingerprint density at radius 1 is 1.57 bits per heavy atom. The van der Waals surface area contributed by atoms with E-state index in [9.17, 15) is 4.79 Å². The smallest absolute Gasteiger partial charge is 0.307 e. The van der Waals surface area contributed by atoms with Gasteiger partial charge in [-0.15, -0.1) is 11.3 Å². The van der Waals surface area contributed by atoms with Crippen molar-refractivity contribution in [3.8, 4) is 0 Å². The average Bonchev–Trinajstić information content (AvgIpc) is 2.51. The van der Waals surface area contributed by atoms with Crippen molar-refractivity contribution in [1.29, 1.82) is 0 Å². The minimum atomic E-state index is -0.888. The first-order valence-electron chi connectivity index (χ1n) is 3.90. The van der Waals surface area contributed by atoms with E-state index in [-0.39, 0.29) is 6.42 Å². The van der Waals surface area contributed by atoms with Crippen LogP contribution in [-0.2, 0) is 11.2 Å². The zero-order chi connectivity index (χ0) is 10.1. The summed E-state index contributed by atoms with van der Waals surface area (Å²) >= 11 is 7.41. The van der Waals surface area contributed by atoms with Crippen LogP contribution in [0, 0.1) is 0 Å². The van der Waals surface area contributed by atoms with Gasteiger partial charge >= 0.3 is 5.97 Å². The normalized spacial score (nSPS) is 10.6. The van der Waals surface area contributed by atoms with Crippen LogP contribution in [0.3, 0.4) is 0 Å². The molecule has 0 unspecified atom stereocenters. The fourth-order valence-corrected chi connectivity index (χ4v) is 2.21. The summed E-state index contributed by atoms with van der Waals surface area (Å²) in [7, 11) is 0. The molecule has 0 atom stereocenters. The molecule has 1 aromatic carbocycles. The molecular formula is C9H6ClNO2S. The first-order valence-corrected chi connectivity index (χ1v) is 5.16. The Morgan fingerprint density at radius 2 is 2.36 bits per heavy atom. The number of carbonyl (C=O) groups is 1. The molecule has 0 saturated carbocycles. The summed E-state index contributed by atoms with van der Waals surface area (Å²) in [5.74, 6) is -0.888. The second-order valence-electron chi connectivity index (χ2n) is 2.83. The summed E-state index contributed by atoms with van der Waals surface area (Å²) in [6, 6.07) is 3.48. The van der Waals surface area contributed by atoms with Crippen LogP contribution in [0.25, 0.3) is 10.2 Å². The van der Waals surface area contributed by atoms with E-state index in [1.807, 2.05) is 0 Å². The average molecular weight is 228 g/mol. The molecule has 3 nitrogen and oxygen atoms in total. The summed E-state index contributed by atoms with van der Waals surface area (Å²) in [5.41, 5.74) is 3.12. The number of hydrogen-bond acceptors (Lipinski definition) is 3. The lowest BCUT2D eigenvalue weighted by Crippen LogP contribution is -2.00. The Balaban J connectivity index is 2.53. The first kappa shape index (κ1) is 9.43. The number of carboxylic acid groups (broad SMARTS) is 1. The molecule has 72 valence electrons. The van der Waals surface area contributed by atoms with Crippen LogP contribution in [0.1, 0.15) is 5.56 Å². The van der Waals surface area contributed by atoms with Crippen LogP contribution in [0.15, 0.2) is 17.6 Å². The van der Waals surface area contributed by atoms with Crippen LogP contribution in [0.4, 0.5) is 0 Å². The van der Waals surface area contributed by atoms with Crippen LogP contribution in [-0.4, -0.2) is 16.1 Å². The van der Waals surface area contributed by atoms with Gasteiger partial charge in [-0.2, -0.15) is 0 Å². The van der Waals surface area contributed by atoms with Gasteiger partial charge in [-0.3, -0.25) is 4.79 Å². The molecule has 14 heavy (non-hydrogen) atoms. The highest BCUT2D eigenvalue weighted by Crippen LogP contribution is 2.26. The largest absolute Gasteiger partial charge is 0.481 e. The van der Waals surface area contributed by atoms with E-state index < -0.39 is 5.97 Å². The van der Waals surface area contributed by atoms with Crippen molar-refractivity contribution in [3.05, 3.63) is 28.2 Å². The van der Waals surface area contributed by atoms with Crippen LogP contribution >= 0.6 is 22.9 Å². The lowest BCUT2D eigenvalue weighted by atomic mass is 10.1. The standard InChI is InChI=1S/C9H6ClNO2S/c10-6-3-8-7(11-4-14-8)1-5(6)2-9(12)13/h1,3-4H,2H2,(H,12,13). The minimum Gasteiger partial charge on any atom is -0.481 e. The van der Waals surface area contributed by atoms with Crippen molar-refractivity contribution < 1.29 is 9.90 Å². The van der Waals surface area contributed by atoms with Crippen molar-refractivity contribution in [3.63, 3.8) is 0 Å². The van der Waals surface area contributed by atoms with Crippen molar-refractivity contribution in [2.75, 3.05) is 0 Å². The number of benzene rings is 1. The van der Waals surface area contributed by atoms with Gasteiger partial charge in [0.2, 0.25) is 0 Å². The molecule has 2 rings (SSSR count). The highest BCUT2D eigenvalue weighted by molar-refractivity contribution is 7.16. The molecule has 1 aromatic heterocycles. The summed E-state index contributed by atoms with van der Waals surface area (Å²) in [6.45, 7) is 0. The molecule has 0 fully saturated rings. The van der Waals surface area contributed by atoms with Crippen LogP contribution < -0.4 is 0 Å². The van der Waals surface area contributed by atoms with Crippen molar-refractivity contribution >= 4 is 39.1 Å². The molecule has 0 radical (unpaired) electrons. The molecule has 2 aromatic rings. The first-order chi connectivity index (χ1) is 6.66. The summed E-state index contributed by atoms with van der Waals surface area (Å²) < 4.78 is 0.976. The van der Waals surface area contributed by atoms with E-state index in [0.717, 1.165) is 10.2 Å². The lowest BCUT2D eigenvalue weighted by molar-refractivity contribution is -0.136. The summed E-state index contributed by atoms with van der Waals surface area (Å²) in [5, 5.41) is 9.13. The number of aromatic nitrogens is 1. The maximum Gasteiger partial charge on any atom is 0.307 e. The second-order valence-corrected chi connectivity index (χ2v) is 4.13. The van der Waals surface area contributed by atoms with Crippen molar-refractivity contribution in [2.45, 2.75) is 6.42 Å². The highest BCUT2D eigenvalue weighted by atomic mass is 35.5. The summed E-state index contributed by atoms with van der Waals surface area (Å²) in [4.78, 5) is 14.6. The van der Waals surface area contributed by atoms with E-state index in [1.54, 1.807) is 17.6 Å². The van der Waals surface area contributed by atoms with Gasteiger partial charge in [0.05, 0.1) is 22.1 Å².